The molecule has 0 spiro atoms. The van der Waals surface area contributed by atoms with Gasteiger partial charge in [0.15, 0.2) is 0 Å². The van der Waals surface area contributed by atoms with E-state index in [1.54, 1.807) is 13.3 Å². The number of H-pyrrole nitrogens is 1. The Kier molecular flexibility index (Phi) is 2.75. The zero-order valence-electron chi connectivity index (χ0n) is 9.04. The fourth-order valence-electron chi connectivity index (χ4n) is 1.64. The molecule has 0 fully saturated rings. The van der Waals surface area contributed by atoms with Crippen molar-refractivity contribution in [1.29, 1.82) is 0 Å². The van der Waals surface area contributed by atoms with Crippen LogP contribution in [-0.4, -0.2) is 17.3 Å². The third-order valence-corrected chi connectivity index (χ3v) is 2.85. The maximum absolute atomic E-state index is 6.26. The summed E-state index contributed by atoms with van der Waals surface area (Å²) < 4.78 is 5.18. The number of hydrogen-bond acceptors (Lipinski definition) is 3. The van der Waals surface area contributed by atoms with Crippen molar-refractivity contribution in [1.82, 2.24) is 10.2 Å². The van der Waals surface area contributed by atoms with Gasteiger partial charge >= 0.3 is 0 Å². The summed E-state index contributed by atoms with van der Waals surface area (Å²) in [6.07, 6.45) is 1.66. The summed E-state index contributed by atoms with van der Waals surface area (Å²) in [6.45, 7) is 1.97. The topological polar surface area (TPSA) is 63.9 Å². The quantitative estimate of drug-likeness (QED) is 0.844. The van der Waals surface area contributed by atoms with E-state index in [4.69, 9.17) is 22.1 Å². The van der Waals surface area contributed by atoms with Crippen molar-refractivity contribution in [3.05, 3.63) is 28.9 Å². The molecule has 1 aromatic carbocycles. The van der Waals surface area contributed by atoms with Crippen LogP contribution in [0, 0.1) is 6.92 Å². The molecule has 1 aromatic heterocycles. The van der Waals surface area contributed by atoms with Gasteiger partial charge in [0.1, 0.15) is 11.6 Å². The number of rotatable bonds is 2. The van der Waals surface area contributed by atoms with E-state index in [9.17, 15) is 0 Å². The first-order valence-corrected chi connectivity index (χ1v) is 5.15. The van der Waals surface area contributed by atoms with Crippen molar-refractivity contribution in [2.75, 3.05) is 12.8 Å². The van der Waals surface area contributed by atoms with E-state index in [2.05, 4.69) is 10.2 Å². The average molecular weight is 238 g/mol. The Morgan fingerprint density at radius 3 is 2.75 bits per heavy atom. The van der Waals surface area contributed by atoms with Gasteiger partial charge in [-0.3, -0.25) is 5.10 Å². The second kappa shape index (κ2) is 4.06. The lowest BCUT2D eigenvalue weighted by Gasteiger charge is -2.11. The number of nitrogen functional groups attached to an aromatic ring is 1. The van der Waals surface area contributed by atoms with Crippen LogP contribution in [-0.2, 0) is 0 Å². The number of aromatic amines is 1. The molecule has 2 aromatic rings. The minimum atomic E-state index is 0.498. The summed E-state index contributed by atoms with van der Waals surface area (Å²) in [5.41, 5.74) is 8.46. The van der Waals surface area contributed by atoms with Gasteiger partial charge in [-0.1, -0.05) is 17.7 Å². The predicted molar refractivity (Wildman–Crippen MR) is 64.7 cm³/mol. The van der Waals surface area contributed by atoms with Crippen LogP contribution >= 0.6 is 11.6 Å². The SMILES string of the molecule is COc1ccc(C)c(-c2cn[nH]c2N)c1Cl. The van der Waals surface area contributed by atoms with Crippen LogP contribution in [0.4, 0.5) is 5.82 Å². The predicted octanol–water partition coefficient (Wildman–Crippen LogP) is 2.63. The summed E-state index contributed by atoms with van der Waals surface area (Å²) in [5.74, 6) is 1.13. The van der Waals surface area contributed by atoms with E-state index in [0.717, 1.165) is 16.7 Å². The Bertz CT molecular complexity index is 522. The van der Waals surface area contributed by atoms with Crippen LogP contribution < -0.4 is 10.5 Å². The molecule has 2 rings (SSSR count). The Morgan fingerprint density at radius 1 is 1.44 bits per heavy atom. The zero-order valence-corrected chi connectivity index (χ0v) is 9.80. The van der Waals surface area contributed by atoms with Crippen molar-refractivity contribution in [2.24, 2.45) is 0 Å². The number of nitrogens with two attached hydrogens (primary N) is 1. The normalized spacial score (nSPS) is 10.4. The van der Waals surface area contributed by atoms with Crippen LogP contribution in [0.15, 0.2) is 18.3 Å². The van der Waals surface area contributed by atoms with Crippen LogP contribution in [0.2, 0.25) is 5.02 Å². The summed E-state index contributed by atoms with van der Waals surface area (Å²) in [4.78, 5) is 0. The molecular weight excluding hydrogens is 226 g/mol. The maximum Gasteiger partial charge on any atom is 0.138 e. The van der Waals surface area contributed by atoms with Gasteiger partial charge < -0.3 is 10.5 Å². The van der Waals surface area contributed by atoms with E-state index < -0.39 is 0 Å². The summed E-state index contributed by atoms with van der Waals surface area (Å²) in [7, 11) is 1.58. The van der Waals surface area contributed by atoms with E-state index in [1.165, 1.54) is 0 Å². The summed E-state index contributed by atoms with van der Waals surface area (Å²) >= 11 is 6.26. The van der Waals surface area contributed by atoms with Crippen LogP contribution in [0.25, 0.3) is 11.1 Å². The Hall–Kier alpha value is -1.68. The van der Waals surface area contributed by atoms with E-state index >= 15 is 0 Å². The Morgan fingerprint density at radius 2 is 2.19 bits per heavy atom. The third-order valence-electron chi connectivity index (χ3n) is 2.47. The molecule has 0 bridgehead atoms. The standard InChI is InChI=1S/C11H12ClN3O/c1-6-3-4-8(16-2)10(12)9(6)7-5-14-15-11(7)13/h3-5H,1-2H3,(H3,13,14,15). The summed E-state index contributed by atoms with van der Waals surface area (Å²) in [5, 5.41) is 7.13. The first-order chi connectivity index (χ1) is 7.65. The van der Waals surface area contributed by atoms with Gasteiger partial charge in [0.05, 0.1) is 18.3 Å². The molecule has 0 saturated heterocycles. The molecule has 3 N–H and O–H groups in total. The van der Waals surface area contributed by atoms with Gasteiger partial charge in [0.25, 0.3) is 0 Å². The van der Waals surface area contributed by atoms with Crippen LogP contribution in [0.1, 0.15) is 5.56 Å². The van der Waals surface area contributed by atoms with Crippen molar-refractivity contribution in [3.63, 3.8) is 0 Å². The molecule has 4 nitrogen and oxygen atoms in total. The lowest BCUT2D eigenvalue weighted by molar-refractivity contribution is 0.415. The van der Waals surface area contributed by atoms with Gasteiger partial charge in [-0.05, 0) is 18.6 Å². The summed E-state index contributed by atoms with van der Waals surface area (Å²) in [6, 6.07) is 3.77. The molecule has 0 aliphatic carbocycles. The molecule has 0 unspecified atom stereocenters. The molecular formula is C11H12ClN3O. The van der Waals surface area contributed by atoms with E-state index in [1.807, 2.05) is 19.1 Å². The number of nitrogens with zero attached hydrogens (tertiary/aromatic N) is 1. The molecule has 0 saturated carbocycles. The second-order valence-electron chi connectivity index (χ2n) is 3.47. The molecule has 0 radical (unpaired) electrons. The lowest BCUT2D eigenvalue weighted by atomic mass is 10.0. The average Bonchev–Trinajstić information content (AvgIpc) is 2.66. The number of benzene rings is 1. The van der Waals surface area contributed by atoms with Crippen LogP contribution in [0.5, 0.6) is 5.75 Å². The maximum atomic E-state index is 6.26. The second-order valence-corrected chi connectivity index (χ2v) is 3.85. The zero-order chi connectivity index (χ0) is 11.7. The number of aryl methyl sites for hydroxylation is 1. The fourth-order valence-corrected chi connectivity index (χ4v) is 2.03. The van der Waals surface area contributed by atoms with Crippen molar-refractivity contribution in [2.45, 2.75) is 6.92 Å². The molecule has 0 atom stereocenters. The lowest BCUT2D eigenvalue weighted by Crippen LogP contribution is -1.93. The third kappa shape index (κ3) is 1.61. The highest BCUT2D eigenvalue weighted by atomic mass is 35.5. The van der Waals surface area contributed by atoms with Gasteiger partial charge in [0.2, 0.25) is 0 Å². The van der Waals surface area contributed by atoms with Crippen molar-refractivity contribution < 1.29 is 4.74 Å². The Balaban J connectivity index is 2.69. The smallest absolute Gasteiger partial charge is 0.138 e. The molecule has 0 aliphatic rings. The largest absolute Gasteiger partial charge is 0.495 e. The number of hydrogen-bond donors (Lipinski definition) is 2. The minimum Gasteiger partial charge on any atom is -0.495 e. The number of methoxy groups -OCH3 is 1. The molecule has 16 heavy (non-hydrogen) atoms. The van der Waals surface area contributed by atoms with Crippen molar-refractivity contribution in [3.8, 4) is 16.9 Å². The number of halogens is 1. The van der Waals surface area contributed by atoms with Crippen LogP contribution in [0.3, 0.4) is 0 Å². The molecule has 1 heterocycles. The molecule has 0 aliphatic heterocycles. The highest BCUT2D eigenvalue weighted by Crippen LogP contribution is 2.39. The fraction of sp³-hybridized carbons (Fsp3) is 0.182. The molecule has 5 heteroatoms. The van der Waals surface area contributed by atoms with Crippen molar-refractivity contribution >= 4 is 17.4 Å². The number of ether oxygens (including phenoxy) is 1. The number of aromatic nitrogens is 2. The first-order valence-electron chi connectivity index (χ1n) is 4.77. The Labute approximate surface area is 98.4 Å². The highest BCUT2D eigenvalue weighted by Gasteiger charge is 2.15. The molecule has 0 amide bonds. The van der Waals surface area contributed by atoms with E-state index in [-0.39, 0.29) is 0 Å². The number of nitrogens with one attached hydrogen (secondary N) is 1. The van der Waals surface area contributed by atoms with Gasteiger partial charge in [-0.15, -0.1) is 0 Å². The van der Waals surface area contributed by atoms with Gasteiger partial charge in [0, 0.05) is 11.1 Å². The van der Waals surface area contributed by atoms with E-state index in [0.29, 0.717) is 16.6 Å². The molecule has 84 valence electrons. The highest BCUT2D eigenvalue weighted by molar-refractivity contribution is 6.35. The van der Waals surface area contributed by atoms with Gasteiger partial charge in [-0.2, -0.15) is 5.10 Å². The first kappa shape index (κ1) is 10.8. The minimum absolute atomic E-state index is 0.498. The number of anilines is 1. The monoisotopic (exact) mass is 237 g/mol. The van der Waals surface area contributed by atoms with Gasteiger partial charge in [-0.25, -0.2) is 0 Å².